The van der Waals surface area contributed by atoms with Gasteiger partial charge in [0.15, 0.2) is 0 Å². The maximum atomic E-state index is 10.3. The Morgan fingerprint density at radius 1 is 1.13 bits per heavy atom. The van der Waals surface area contributed by atoms with Gasteiger partial charge in [0.2, 0.25) is 6.41 Å². The average molecular weight is 198 g/mol. The van der Waals surface area contributed by atoms with Gasteiger partial charge in [-0.1, -0.05) is 18.2 Å². The van der Waals surface area contributed by atoms with Crippen molar-refractivity contribution in [3.8, 4) is 11.1 Å². The van der Waals surface area contributed by atoms with Crippen molar-refractivity contribution in [2.24, 2.45) is 0 Å². The van der Waals surface area contributed by atoms with Gasteiger partial charge in [-0.3, -0.25) is 9.78 Å². The second kappa shape index (κ2) is 4.37. The van der Waals surface area contributed by atoms with Crippen LogP contribution >= 0.6 is 0 Å². The largest absolute Gasteiger partial charge is 0.329 e. The fourth-order valence-electron chi connectivity index (χ4n) is 1.39. The van der Waals surface area contributed by atoms with Gasteiger partial charge in [0, 0.05) is 23.6 Å². The summed E-state index contributed by atoms with van der Waals surface area (Å²) >= 11 is 0. The summed E-state index contributed by atoms with van der Waals surface area (Å²) in [5, 5.41) is 2.62. The van der Waals surface area contributed by atoms with Crippen molar-refractivity contribution in [2.75, 3.05) is 5.32 Å². The van der Waals surface area contributed by atoms with Crippen molar-refractivity contribution in [1.29, 1.82) is 0 Å². The molecule has 2 aromatic rings. The number of nitrogens with one attached hydrogen (secondary N) is 1. The first kappa shape index (κ1) is 9.40. The third kappa shape index (κ3) is 2.20. The van der Waals surface area contributed by atoms with Crippen LogP contribution in [0.15, 0.2) is 48.8 Å². The molecule has 0 fully saturated rings. The summed E-state index contributed by atoms with van der Waals surface area (Å²) in [5.74, 6) is 0. The fourth-order valence-corrected chi connectivity index (χ4v) is 1.39. The smallest absolute Gasteiger partial charge is 0.211 e. The molecule has 0 aliphatic rings. The van der Waals surface area contributed by atoms with E-state index >= 15 is 0 Å². The molecular formula is C12H10N2O. The van der Waals surface area contributed by atoms with Gasteiger partial charge in [-0.15, -0.1) is 0 Å². The molecule has 2 rings (SSSR count). The Morgan fingerprint density at radius 2 is 2.00 bits per heavy atom. The summed E-state index contributed by atoms with van der Waals surface area (Å²) in [6.45, 7) is 0. The van der Waals surface area contributed by atoms with Gasteiger partial charge < -0.3 is 5.32 Å². The third-order valence-electron chi connectivity index (χ3n) is 2.08. The number of carbonyl (C=O) groups is 1. The number of benzene rings is 1. The minimum Gasteiger partial charge on any atom is -0.329 e. The first-order chi connectivity index (χ1) is 7.40. The van der Waals surface area contributed by atoms with Crippen LogP contribution in [0.3, 0.4) is 0 Å². The summed E-state index contributed by atoms with van der Waals surface area (Å²) in [4.78, 5) is 14.3. The number of carbonyl (C=O) groups excluding carboxylic acids is 1. The Kier molecular flexibility index (Phi) is 2.74. The summed E-state index contributed by atoms with van der Waals surface area (Å²) in [6.07, 6.45) is 4.19. The van der Waals surface area contributed by atoms with Crippen LogP contribution in [0.25, 0.3) is 11.1 Å². The quantitative estimate of drug-likeness (QED) is 0.769. The Hall–Kier alpha value is -2.16. The van der Waals surface area contributed by atoms with E-state index in [1.165, 1.54) is 0 Å². The summed E-state index contributed by atoms with van der Waals surface area (Å²) in [6, 6.07) is 11.5. The SMILES string of the molecule is O=CNc1cccc(-c2cccnc2)c1. The normalized spacial score (nSPS) is 9.60. The first-order valence-electron chi connectivity index (χ1n) is 4.61. The van der Waals surface area contributed by atoms with E-state index in [0.29, 0.717) is 6.41 Å². The molecule has 0 bridgehead atoms. The molecule has 3 heteroatoms. The van der Waals surface area contributed by atoms with Gasteiger partial charge in [0.05, 0.1) is 0 Å². The molecule has 0 radical (unpaired) electrons. The molecule has 0 atom stereocenters. The molecule has 3 nitrogen and oxygen atoms in total. The summed E-state index contributed by atoms with van der Waals surface area (Å²) in [7, 11) is 0. The molecular weight excluding hydrogens is 188 g/mol. The maximum Gasteiger partial charge on any atom is 0.211 e. The molecule has 1 heterocycles. The van der Waals surface area contributed by atoms with Gasteiger partial charge >= 0.3 is 0 Å². The van der Waals surface area contributed by atoms with Gasteiger partial charge in [-0.05, 0) is 23.8 Å². The van der Waals surface area contributed by atoms with E-state index in [1.54, 1.807) is 12.4 Å². The third-order valence-corrected chi connectivity index (χ3v) is 2.08. The van der Waals surface area contributed by atoms with Crippen molar-refractivity contribution in [2.45, 2.75) is 0 Å². The van der Waals surface area contributed by atoms with E-state index in [0.717, 1.165) is 16.8 Å². The summed E-state index contributed by atoms with van der Waals surface area (Å²) < 4.78 is 0. The lowest BCUT2D eigenvalue weighted by molar-refractivity contribution is -0.105. The number of nitrogens with zero attached hydrogens (tertiary/aromatic N) is 1. The Balaban J connectivity index is 2.37. The second-order valence-electron chi connectivity index (χ2n) is 3.08. The lowest BCUT2D eigenvalue weighted by atomic mass is 10.1. The molecule has 1 amide bonds. The average Bonchev–Trinajstić information content (AvgIpc) is 2.31. The Labute approximate surface area is 87.8 Å². The number of hydrogen-bond acceptors (Lipinski definition) is 2. The first-order valence-corrected chi connectivity index (χ1v) is 4.61. The number of hydrogen-bond donors (Lipinski definition) is 1. The molecule has 0 saturated carbocycles. The van der Waals surface area contributed by atoms with Crippen molar-refractivity contribution in [3.63, 3.8) is 0 Å². The zero-order valence-corrected chi connectivity index (χ0v) is 8.05. The lowest BCUT2D eigenvalue weighted by Gasteiger charge is -2.03. The fraction of sp³-hybridized carbons (Fsp3) is 0. The molecule has 0 unspecified atom stereocenters. The van der Waals surface area contributed by atoms with Crippen molar-refractivity contribution < 1.29 is 4.79 Å². The van der Waals surface area contributed by atoms with Crippen LogP contribution in [0, 0.1) is 0 Å². The van der Waals surface area contributed by atoms with Crippen LogP contribution < -0.4 is 5.32 Å². The highest BCUT2D eigenvalue weighted by molar-refractivity contribution is 5.75. The lowest BCUT2D eigenvalue weighted by Crippen LogP contribution is -1.93. The number of rotatable bonds is 3. The minimum absolute atomic E-state index is 0.669. The van der Waals surface area contributed by atoms with E-state index < -0.39 is 0 Å². The molecule has 1 N–H and O–H groups in total. The standard InChI is InChI=1S/C12H10N2O/c15-9-14-12-5-1-3-10(7-12)11-4-2-6-13-8-11/h1-9H,(H,14,15). The molecule has 0 saturated heterocycles. The maximum absolute atomic E-state index is 10.3. The topological polar surface area (TPSA) is 42.0 Å². The van der Waals surface area contributed by atoms with Gasteiger partial charge in [-0.25, -0.2) is 0 Å². The van der Waals surface area contributed by atoms with Crippen molar-refractivity contribution in [3.05, 3.63) is 48.8 Å². The molecule has 0 spiro atoms. The minimum atomic E-state index is 0.669. The number of amides is 1. The predicted molar refractivity (Wildman–Crippen MR) is 59.4 cm³/mol. The zero-order valence-electron chi connectivity index (χ0n) is 8.05. The number of anilines is 1. The molecule has 1 aromatic heterocycles. The predicted octanol–water partition coefficient (Wildman–Crippen LogP) is 2.32. The van der Waals surface area contributed by atoms with Crippen LogP contribution in [0.2, 0.25) is 0 Å². The van der Waals surface area contributed by atoms with Gasteiger partial charge in [0.25, 0.3) is 0 Å². The molecule has 0 aliphatic carbocycles. The van der Waals surface area contributed by atoms with E-state index in [4.69, 9.17) is 0 Å². The molecule has 15 heavy (non-hydrogen) atoms. The number of pyridine rings is 1. The molecule has 0 aliphatic heterocycles. The molecule has 1 aromatic carbocycles. The van der Waals surface area contributed by atoms with Gasteiger partial charge in [0.1, 0.15) is 0 Å². The van der Waals surface area contributed by atoms with Crippen LogP contribution in [0.4, 0.5) is 5.69 Å². The second-order valence-corrected chi connectivity index (χ2v) is 3.08. The van der Waals surface area contributed by atoms with E-state index in [-0.39, 0.29) is 0 Å². The molecule has 74 valence electrons. The zero-order chi connectivity index (χ0) is 10.5. The van der Waals surface area contributed by atoms with E-state index in [2.05, 4.69) is 10.3 Å². The van der Waals surface area contributed by atoms with E-state index in [1.807, 2.05) is 36.4 Å². The Bertz CT molecular complexity index is 454. The highest BCUT2D eigenvalue weighted by Gasteiger charge is 1.97. The number of aromatic nitrogens is 1. The monoisotopic (exact) mass is 198 g/mol. The van der Waals surface area contributed by atoms with Gasteiger partial charge in [-0.2, -0.15) is 0 Å². The van der Waals surface area contributed by atoms with Crippen LogP contribution in [0.1, 0.15) is 0 Å². The Morgan fingerprint density at radius 3 is 2.73 bits per heavy atom. The van der Waals surface area contributed by atoms with Crippen LogP contribution in [-0.4, -0.2) is 11.4 Å². The van der Waals surface area contributed by atoms with E-state index in [9.17, 15) is 4.79 Å². The van der Waals surface area contributed by atoms with Crippen molar-refractivity contribution in [1.82, 2.24) is 4.98 Å². The summed E-state index contributed by atoms with van der Waals surface area (Å²) in [5.41, 5.74) is 2.85. The highest BCUT2D eigenvalue weighted by Crippen LogP contribution is 2.21. The van der Waals surface area contributed by atoms with Crippen LogP contribution in [0.5, 0.6) is 0 Å². The van der Waals surface area contributed by atoms with Crippen LogP contribution in [-0.2, 0) is 4.79 Å². The highest BCUT2D eigenvalue weighted by atomic mass is 16.1. The van der Waals surface area contributed by atoms with Crippen molar-refractivity contribution >= 4 is 12.1 Å².